The highest BCUT2D eigenvalue weighted by molar-refractivity contribution is 6.00. The number of benzene rings is 3. The average molecular weight is 374 g/mol. The highest BCUT2D eigenvalue weighted by Gasteiger charge is 2.20. The Kier molecular flexibility index (Phi) is 5.50. The average Bonchev–Trinajstić information content (AvgIpc) is 2.66. The van der Waals surface area contributed by atoms with Crippen LogP contribution < -0.4 is 11.1 Å². The van der Waals surface area contributed by atoms with Gasteiger partial charge in [0.05, 0.1) is 0 Å². The molecule has 4 heteroatoms. The molecule has 3 aromatic rings. The first-order valence-electron chi connectivity index (χ1n) is 9.42. The predicted octanol–water partition coefficient (Wildman–Crippen LogP) is 3.96. The van der Waals surface area contributed by atoms with Crippen molar-refractivity contribution >= 4 is 22.6 Å². The van der Waals surface area contributed by atoms with Gasteiger partial charge in [-0.2, -0.15) is 0 Å². The third-order valence-electron chi connectivity index (χ3n) is 4.92. The molecular formula is C24H26N2O2. The first-order chi connectivity index (χ1) is 13.2. The van der Waals surface area contributed by atoms with Gasteiger partial charge in [0.15, 0.2) is 0 Å². The van der Waals surface area contributed by atoms with Crippen molar-refractivity contribution in [2.24, 2.45) is 5.73 Å². The number of nitrogens with two attached hydrogens (primary N) is 1. The molecule has 3 N–H and O–H groups in total. The van der Waals surface area contributed by atoms with Gasteiger partial charge in [0.2, 0.25) is 5.91 Å². The number of rotatable bonds is 5. The maximum absolute atomic E-state index is 12.7. The highest BCUT2D eigenvalue weighted by Crippen LogP contribution is 2.22. The molecule has 0 saturated heterocycles. The Hall–Kier alpha value is -3.14. The zero-order valence-corrected chi connectivity index (χ0v) is 16.5. The van der Waals surface area contributed by atoms with Gasteiger partial charge >= 0.3 is 0 Å². The number of nitrogens with one attached hydrogen (secondary N) is 1. The van der Waals surface area contributed by atoms with Crippen LogP contribution in [0.15, 0.2) is 66.7 Å². The SMILES string of the molecule is CC(C)(C)c1ccc(C[C@@H](NC(=O)c2ccc3ccccc3c2)C(N)=O)cc1. The molecule has 0 spiro atoms. The minimum absolute atomic E-state index is 0.0614. The van der Waals surface area contributed by atoms with Crippen LogP contribution in [-0.2, 0) is 16.6 Å². The number of fused-ring (bicyclic) bond motifs is 1. The number of hydrogen-bond acceptors (Lipinski definition) is 2. The fourth-order valence-corrected chi connectivity index (χ4v) is 3.17. The van der Waals surface area contributed by atoms with Crippen molar-refractivity contribution < 1.29 is 9.59 Å². The van der Waals surface area contributed by atoms with E-state index in [1.165, 1.54) is 5.56 Å². The Bertz CT molecular complexity index is 1000. The van der Waals surface area contributed by atoms with Crippen LogP contribution in [0.5, 0.6) is 0 Å². The maximum Gasteiger partial charge on any atom is 0.251 e. The minimum atomic E-state index is -0.764. The number of hydrogen-bond donors (Lipinski definition) is 2. The minimum Gasteiger partial charge on any atom is -0.368 e. The Morgan fingerprint density at radius 3 is 2.18 bits per heavy atom. The van der Waals surface area contributed by atoms with Crippen LogP contribution in [0.25, 0.3) is 10.8 Å². The molecule has 144 valence electrons. The van der Waals surface area contributed by atoms with Crippen molar-refractivity contribution in [3.63, 3.8) is 0 Å². The van der Waals surface area contributed by atoms with Gasteiger partial charge in [-0.25, -0.2) is 0 Å². The van der Waals surface area contributed by atoms with Gasteiger partial charge in [0.1, 0.15) is 6.04 Å². The molecule has 2 amide bonds. The van der Waals surface area contributed by atoms with Crippen LogP contribution in [0.4, 0.5) is 0 Å². The van der Waals surface area contributed by atoms with E-state index in [0.717, 1.165) is 16.3 Å². The van der Waals surface area contributed by atoms with E-state index in [9.17, 15) is 9.59 Å². The van der Waals surface area contributed by atoms with E-state index in [4.69, 9.17) is 5.73 Å². The van der Waals surface area contributed by atoms with Crippen LogP contribution in [-0.4, -0.2) is 17.9 Å². The quantitative estimate of drug-likeness (QED) is 0.709. The molecule has 0 unspecified atom stereocenters. The molecule has 0 aromatic heterocycles. The van der Waals surface area contributed by atoms with Crippen LogP contribution >= 0.6 is 0 Å². The van der Waals surface area contributed by atoms with E-state index >= 15 is 0 Å². The van der Waals surface area contributed by atoms with Crippen molar-refractivity contribution in [1.82, 2.24) is 5.32 Å². The van der Waals surface area contributed by atoms with E-state index in [1.807, 2.05) is 48.5 Å². The van der Waals surface area contributed by atoms with Gasteiger partial charge in [-0.15, -0.1) is 0 Å². The van der Waals surface area contributed by atoms with Gasteiger partial charge in [0, 0.05) is 12.0 Å². The van der Waals surface area contributed by atoms with E-state index < -0.39 is 11.9 Å². The molecular weight excluding hydrogens is 348 g/mol. The van der Waals surface area contributed by atoms with Crippen molar-refractivity contribution in [3.05, 3.63) is 83.4 Å². The molecule has 3 aromatic carbocycles. The number of carbonyl (C=O) groups is 2. The summed E-state index contributed by atoms with van der Waals surface area (Å²) in [6.07, 6.45) is 0.360. The Morgan fingerprint density at radius 1 is 0.929 bits per heavy atom. The van der Waals surface area contributed by atoms with Gasteiger partial charge in [0.25, 0.3) is 5.91 Å². The fraction of sp³-hybridized carbons (Fsp3) is 0.250. The molecule has 0 bridgehead atoms. The largest absolute Gasteiger partial charge is 0.368 e. The van der Waals surface area contributed by atoms with Crippen molar-refractivity contribution in [3.8, 4) is 0 Å². The first kappa shape index (κ1) is 19.6. The summed E-state index contributed by atoms with van der Waals surface area (Å²) >= 11 is 0. The summed E-state index contributed by atoms with van der Waals surface area (Å²) in [5.41, 5.74) is 8.28. The van der Waals surface area contributed by atoms with E-state index in [-0.39, 0.29) is 11.3 Å². The Labute approximate surface area is 165 Å². The van der Waals surface area contributed by atoms with Gasteiger partial charge in [-0.05, 0) is 39.4 Å². The Morgan fingerprint density at radius 2 is 1.57 bits per heavy atom. The second-order valence-corrected chi connectivity index (χ2v) is 8.14. The lowest BCUT2D eigenvalue weighted by atomic mass is 9.86. The lowest BCUT2D eigenvalue weighted by molar-refractivity contribution is -0.119. The second kappa shape index (κ2) is 7.85. The summed E-state index contributed by atoms with van der Waals surface area (Å²) in [5.74, 6) is -0.852. The smallest absolute Gasteiger partial charge is 0.251 e. The zero-order chi connectivity index (χ0) is 20.3. The van der Waals surface area contributed by atoms with Gasteiger partial charge in [-0.3, -0.25) is 9.59 Å². The molecule has 0 aliphatic heterocycles. The van der Waals surface area contributed by atoms with E-state index in [0.29, 0.717) is 12.0 Å². The second-order valence-electron chi connectivity index (χ2n) is 8.14. The van der Waals surface area contributed by atoms with E-state index in [1.54, 1.807) is 6.07 Å². The molecule has 4 nitrogen and oxygen atoms in total. The summed E-state index contributed by atoms with van der Waals surface area (Å²) in [5, 5.41) is 4.81. The molecule has 3 rings (SSSR count). The summed E-state index contributed by atoms with van der Waals surface area (Å²) in [7, 11) is 0. The van der Waals surface area contributed by atoms with Gasteiger partial charge < -0.3 is 11.1 Å². The predicted molar refractivity (Wildman–Crippen MR) is 113 cm³/mol. The Balaban J connectivity index is 1.75. The number of carbonyl (C=O) groups excluding carboxylic acids is 2. The van der Waals surface area contributed by atoms with Crippen LogP contribution in [0, 0.1) is 0 Å². The van der Waals surface area contributed by atoms with E-state index in [2.05, 4.69) is 38.2 Å². The number of amides is 2. The standard InChI is InChI=1S/C24H26N2O2/c1-24(2,3)20-12-8-16(9-13-20)14-21(22(25)27)26-23(28)19-11-10-17-6-4-5-7-18(17)15-19/h4-13,15,21H,14H2,1-3H3,(H2,25,27)(H,26,28)/t21-/m1/s1. The van der Waals surface area contributed by atoms with Crippen molar-refractivity contribution in [2.75, 3.05) is 0 Å². The summed E-state index contributed by atoms with van der Waals surface area (Å²) in [6.45, 7) is 6.45. The van der Waals surface area contributed by atoms with Crippen LogP contribution in [0.3, 0.4) is 0 Å². The van der Waals surface area contributed by atoms with Crippen molar-refractivity contribution in [2.45, 2.75) is 38.6 Å². The summed E-state index contributed by atoms with van der Waals surface area (Å²) in [4.78, 5) is 24.6. The lowest BCUT2D eigenvalue weighted by Crippen LogP contribution is -2.45. The molecule has 28 heavy (non-hydrogen) atoms. The van der Waals surface area contributed by atoms with Crippen molar-refractivity contribution in [1.29, 1.82) is 0 Å². The lowest BCUT2D eigenvalue weighted by Gasteiger charge is -2.20. The summed E-state index contributed by atoms with van der Waals surface area (Å²) < 4.78 is 0. The normalized spacial score (nSPS) is 12.5. The highest BCUT2D eigenvalue weighted by atomic mass is 16.2. The first-order valence-corrected chi connectivity index (χ1v) is 9.42. The maximum atomic E-state index is 12.7. The third kappa shape index (κ3) is 4.58. The van der Waals surface area contributed by atoms with Crippen LogP contribution in [0.2, 0.25) is 0 Å². The molecule has 0 radical (unpaired) electrons. The third-order valence-corrected chi connectivity index (χ3v) is 4.92. The molecule has 0 aliphatic rings. The molecule has 0 fully saturated rings. The molecule has 0 heterocycles. The monoisotopic (exact) mass is 374 g/mol. The molecule has 0 aliphatic carbocycles. The molecule has 1 atom stereocenters. The van der Waals surface area contributed by atoms with Crippen LogP contribution in [0.1, 0.15) is 42.3 Å². The van der Waals surface area contributed by atoms with Gasteiger partial charge in [-0.1, -0.05) is 75.4 Å². The number of primary amides is 1. The molecule has 0 saturated carbocycles. The fourth-order valence-electron chi connectivity index (χ4n) is 3.17. The summed E-state index contributed by atoms with van der Waals surface area (Å²) in [6, 6.07) is 20.6. The zero-order valence-electron chi connectivity index (χ0n) is 16.5. The topological polar surface area (TPSA) is 72.2 Å².